The number of hydrogen-bond acceptors (Lipinski definition) is 3. The number of anilines is 1. The van der Waals surface area contributed by atoms with Gasteiger partial charge in [0.25, 0.3) is 0 Å². The molecule has 1 heterocycles. The van der Waals surface area contributed by atoms with E-state index in [1.54, 1.807) is 30.9 Å². The van der Waals surface area contributed by atoms with E-state index in [0.29, 0.717) is 12.3 Å². The van der Waals surface area contributed by atoms with Gasteiger partial charge in [-0.1, -0.05) is 30.3 Å². The molecule has 1 N–H and O–H groups in total. The average molecular weight is 473 g/mol. The number of halogens is 3. The Hall–Kier alpha value is -3.75. The van der Waals surface area contributed by atoms with Crippen LogP contribution in [0, 0.1) is 0 Å². The number of nitrogens with zero attached hydrogens (tertiary/aromatic N) is 2. The SMILES string of the molecule is CC(C)N(CC(=O)N(Cc1ccccc1)Cc1ccco1)C(=O)Nc1ccc(C(F)(F)F)cc1. The molecule has 3 aromatic rings. The van der Waals surface area contributed by atoms with E-state index < -0.39 is 17.8 Å². The molecule has 9 heteroatoms. The van der Waals surface area contributed by atoms with Crippen LogP contribution in [0.4, 0.5) is 23.7 Å². The van der Waals surface area contributed by atoms with E-state index >= 15 is 0 Å². The van der Waals surface area contributed by atoms with E-state index in [2.05, 4.69) is 5.32 Å². The van der Waals surface area contributed by atoms with Crippen LogP contribution in [0.1, 0.15) is 30.7 Å². The summed E-state index contributed by atoms with van der Waals surface area (Å²) in [5, 5.41) is 2.57. The highest BCUT2D eigenvalue weighted by molar-refractivity contribution is 5.92. The van der Waals surface area contributed by atoms with Gasteiger partial charge in [0, 0.05) is 18.3 Å². The van der Waals surface area contributed by atoms with Gasteiger partial charge in [-0.05, 0) is 55.8 Å². The van der Waals surface area contributed by atoms with Gasteiger partial charge in [-0.2, -0.15) is 13.2 Å². The monoisotopic (exact) mass is 473 g/mol. The second-order valence-electron chi connectivity index (χ2n) is 8.04. The van der Waals surface area contributed by atoms with Crippen molar-refractivity contribution in [2.45, 2.75) is 39.2 Å². The minimum absolute atomic E-state index is 0.202. The van der Waals surface area contributed by atoms with Crippen LogP contribution < -0.4 is 5.32 Å². The van der Waals surface area contributed by atoms with Gasteiger partial charge in [-0.15, -0.1) is 0 Å². The highest BCUT2D eigenvalue weighted by Gasteiger charge is 2.30. The number of hydrogen-bond donors (Lipinski definition) is 1. The van der Waals surface area contributed by atoms with Crippen molar-refractivity contribution in [3.8, 4) is 0 Å². The number of urea groups is 1. The first-order valence-electron chi connectivity index (χ1n) is 10.7. The Morgan fingerprint density at radius 1 is 0.941 bits per heavy atom. The number of rotatable bonds is 8. The van der Waals surface area contributed by atoms with Gasteiger partial charge in [0.1, 0.15) is 12.3 Å². The molecule has 0 bridgehead atoms. The molecule has 3 amide bonds. The minimum Gasteiger partial charge on any atom is -0.467 e. The Morgan fingerprint density at radius 3 is 2.18 bits per heavy atom. The Balaban J connectivity index is 1.72. The summed E-state index contributed by atoms with van der Waals surface area (Å²) in [5.74, 6) is 0.311. The number of furan rings is 1. The maximum atomic E-state index is 13.2. The van der Waals surface area contributed by atoms with Crippen LogP contribution in [-0.2, 0) is 24.1 Å². The molecule has 0 radical (unpaired) electrons. The first-order chi connectivity index (χ1) is 16.1. The lowest BCUT2D eigenvalue weighted by molar-refractivity contribution is -0.137. The van der Waals surface area contributed by atoms with Gasteiger partial charge in [-0.25, -0.2) is 4.79 Å². The van der Waals surface area contributed by atoms with Crippen molar-refractivity contribution in [3.63, 3.8) is 0 Å². The Bertz CT molecular complexity index is 1070. The third kappa shape index (κ3) is 6.87. The molecule has 3 rings (SSSR count). The molecule has 0 aliphatic heterocycles. The van der Waals surface area contributed by atoms with E-state index in [1.165, 1.54) is 23.3 Å². The van der Waals surface area contributed by atoms with Gasteiger partial charge in [-0.3, -0.25) is 4.79 Å². The normalized spacial score (nSPS) is 11.4. The fourth-order valence-electron chi connectivity index (χ4n) is 3.30. The molecule has 0 saturated carbocycles. The summed E-state index contributed by atoms with van der Waals surface area (Å²) in [6.07, 6.45) is -2.94. The largest absolute Gasteiger partial charge is 0.467 e. The second-order valence-corrected chi connectivity index (χ2v) is 8.04. The number of alkyl halides is 3. The lowest BCUT2D eigenvalue weighted by Crippen LogP contribution is -2.47. The lowest BCUT2D eigenvalue weighted by Gasteiger charge is -2.30. The van der Waals surface area contributed by atoms with Crippen molar-refractivity contribution < 1.29 is 27.2 Å². The number of nitrogens with one attached hydrogen (secondary N) is 1. The van der Waals surface area contributed by atoms with Crippen LogP contribution in [0.2, 0.25) is 0 Å². The molecule has 0 aliphatic rings. The smallest absolute Gasteiger partial charge is 0.416 e. The van der Waals surface area contributed by atoms with Crippen LogP contribution in [0.5, 0.6) is 0 Å². The molecule has 0 atom stereocenters. The molecular weight excluding hydrogens is 447 g/mol. The summed E-state index contributed by atoms with van der Waals surface area (Å²) in [5.41, 5.74) is 0.316. The van der Waals surface area contributed by atoms with E-state index in [0.717, 1.165) is 17.7 Å². The van der Waals surface area contributed by atoms with Gasteiger partial charge in [0.2, 0.25) is 5.91 Å². The van der Waals surface area contributed by atoms with Gasteiger partial charge in [0.15, 0.2) is 0 Å². The molecule has 0 fully saturated rings. The van der Waals surface area contributed by atoms with Crippen molar-refractivity contribution in [3.05, 3.63) is 89.9 Å². The molecule has 0 aliphatic carbocycles. The van der Waals surface area contributed by atoms with Crippen LogP contribution in [-0.4, -0.2) is 34.3 Å². The van der Waals surface area contributed by atoms with E-state index in [1.807, 2.05) is 30.3 Å². The van der Waals surface area contributed by atoms with E-state index in [9.17, 15) is 22.8 Å². The van der Waals surface area contributed by atoms with E-state index in [4.69, 9.17) is 4.42 Å². The summed E-state index contributed by atoms with van der Waals surface area (Å²) in [6, 6.07) is 16.2. The minimum atomic E-state index is -4.46. The zero-order valence-electron chi connectivity index (χ0n) is 18.9. The van der Waals surface area contributed by atoms with Crippen molar-refractivity contribution in [2.75, 3.05) is 11.9 Å². The van der Waals surface area contributed by atoms with Crippen LogP contribution in [0.25, 0.3) is 0 Å². The highest BCUT2D eigenvalue weighted by Crippen LogP contribution is 2.29. The Morgan fingerprint density at radius 2 is 1.62 bits per heavy atom. The predicted molar refractivity (Wildman–Crippen MR) is 122 cm³/mol. The Labute approximate surface area is 196 Å². The summed E-state index contributed by atoms with van der Waals surface area (Å²) < 4.78 is 43.7. The molecular formula is C25H26F3N3O3. The third-order valence-electron chi connectivity index (χ3n) is 5.15. The zero-order chi connectivity index (χ0) is 24.7. The molecule has 180 valence electrons. The second kappa shape index (κ2) is 10.9. The highest BCUT2D eigenvalue weighted by atomic mass is 19.4. The van der Waals surface area contributed by atoms with Crippen molar-refractivity contribution >= 4 is 17.6 Å². The molecule has 1 aromatic heterocycles. The molecule has 0 unspecified atom stereocenters. The molecule has 34 heavy (non-hydrogen) atoms. The van der Waals surface area contributed by atoms with Gasteiger partial charge < -0.3 is 19.5 Å². The number of carbonyl (C=O) groups excluding carboxylic acids is 2. The average Bonchev–Trinajstić information content (AvgIpc) is 3.30. The summed E-state index contributed by atoms with van der Waals surface area (Å²) in [4.78, 5) is 29.0. The fourth-order valence-corrected chi connectivity index (χ4v) is 3.30. The summed E-state index contributed by atoms with van der Waals surface area (Å²) >= 11 is 0. The first-order valence-corrected chi connectivity index (χ1v) is 10.7. The van der Waals surface area contributed by atoms with Gasteiger partial charge in [0.05, 0.1) is 18.4 Å². The van der Waals surface area contributed by atoms with E-state index in [-0.39, 0.29) is 30.7 Å². The summed E-state index contributed by atoms with van der Waals surface area (Å²) in [7, 11) is 0. The number of amides is 3. The fraction of sp³-hybridized carbons (Fsp3) is 0.280. The maximum Gasteiger partial charge on any atom is 0.416 e. The first kappa shape index (κ1) is 24.9. The number of carbonyl (C=O) groups is 2. The molecule has 2 aromatic carbocycles. The Kier molecular flexibility index (Phi) is 7.99. The topological polar surface area (TPSA) is 65.8 Å². The van der Waals surface area contributed by atoms with Crippen LogP contribution in [0.3, 0.4) is 0 Å². The number of benzene rings is 2. The van der Waals surface area contributed by atoms with Crippen LogP contribution in [0.15, 0.2) is 77.4 Å². The van der Waals surface area contributed by atoms with Gasteiger partial charge >= 0.3 is 12.2 Å². The standard InChI is InChI=1S/C25H26F3N3O3/c1-18(2)31(24(33)29-21-12-10-20(11-13-21)25(26,27)28)17-23(32)30(16-22-9-6-14-34-22)15-19-7-4-3-5-8-19/h3-14,18H,15-17H2,1-2H3,(H,29,33). The van der Waals surface area contributed by atoms with Crippen LogP contribution >= 0.6 is 0 Å². The molecule has 0 spiro atoms. The quantitative estimate of drug-likeness (QED) is 0.452. The summed E-state index contributed by atoms with van der Waals surface area (Å²) in [6.45, 7) is 3.86. The maximum absolute atomic E-state index is 13.2. The molecule has 6 nitrogen and oxygen atoms in total. The molecule has 0 saturated heterocycles. The predicted octanol–water partition coefficient (Wildman–Crippen LogP) is 5.77. The lowest BCUT2D eigenvalue weighted by atomic mass is 10.2. The van der Waals surface area contributed by atoms with Crippen molar-refractivity contribution in [1.29, 1.82) is 0 Å². The van der Waals surface area contributed by atoms with Crippen molar-refractivity contribution in [2.24, 2.45) is 0 Å². The zero-order valence-corrected chi connectivity index (χ0v) is 18.9. The van der Waals surface area contributed by atoms with Crippen molar-refractivity contribution in [1.82, 2.24) is 9.80 Å². The third-order valence-corrected chi connectivity index (χ3v) is 5.15.